The summed E-state index contributed by atoms with van der Waals surface area (Å²) in [6.07, 6.45) is 0.411. The summed E-state index contributed by atoms with van der Waals surface area (Å²) >= 11 is 0. The van der Waals surface area contributed by atoms with Gasteiger partial charge in [0.1, 0.15) is 18.2 Å². The van der Waals surface area contributed by atoms with E-state index in [4.69, 9.17) is 14.3 Å². The fraction of sp³-hybridized carbons (Fsp3) is 0.636. The topological polar surface area (TPSA) is 85.9 Å². The fourth-order valence-corrected chi connectivity index (χ4v) is 3.12. The summed E-state index contributed by atoms with van der Waals surface area (Å²) < 4.78 is 10.7. The average molecular weight is 439 g/mol. The molecular weight excluding hydrogens is 400 g/mol. The highest BCUT2D eigenvalue weighted by Crippen LogP contribution is 2.10. The van der Waals surface area contributed by atoms with Crippen LogP contribution in [-0.4, -0.2) is 44.9 Å². The first-order valence-corrected chi connectivity index (χ1v) is 14.2. The van der Waals surface area contributed by atoms with Crippen molar-refractivity contribution in [1.29, 1.82) is 0 Å². The maximum Gasteiger partial charge on any atom is 0.408 e. The highest BCUT2D eigenvalue weighted by atomic mass is 28.3. The van der Waals surface area contributed by atoms with Crippen LogP contribution in [0.3, 0.4) is 0 Å². The van der Waals surface area contributed by atoms with Crippen LogP contribution in [0.1, 0.15) is 39.2 Å². The molecule has 8 heteroatoms. The van der Waals surface area contributed by atoms with Crippen LogP contribution in [0, 0.1) is 0 Å². The molecule has 7 nitrogen and oxygen atoms in total. The normalized spacial score (nSPS) is 12.9. The Morgan fingerprint density at radius 1 is 1.10 bits per heavy atom. The van der Waals surface area contributed by atoms with Crippen molar-refractivity contribution in [2.75, 3.05) is 13.2 Å². The molecule has 1 atom stereocenters. The molecule has 0 aliphatic heterocycles. The number of amides is 1. The van der Waals surface area contributed by atoms with Crippen LogP contribution in [0.15, 0.2) is 30.3 Å². The van der Waals surface area contributed by atoms with Gasteiger partial charge in [0.05, 0.1) is 6.61 Å². The predicted molar refractivity (Wildman–Crippen MR) is 121 cm³/mol. The molecule has 2 N–H and O–H groups in total. The van der Waals surface area contributed by atoms with E-state index in [2.05, 4.69) is 30.4 Å². The summed E-state index contributed by atoms with van der Waals surface area (Å²) in [5.74, 6) is -0.482. The third-order valence-corrected chi connectivity index (χ3v) is 5.73. The summed E-state index contributed by atoms with van der Waals surface area (Å²) in [4.78, 5) is 30.2. The van der Waals surface area contributed by atoms with Crippen LogP contribution in [0.2, 0.25) is 25.7 Å². The van der Waals surface area contributed by atoms with Gasteiger partial charge < -0.3 is 19.6 Å². The fourth-order valence-electron chi connectivity index (χ4n) is 2.41. The summed E-state index contributed by atoms with van der Waals surface area (Å²) in [6, 6.07) is 9.72. The maximum atomic E-state index is 12.6. The Labute approximate surface area is 181 Å². The Morgan fingerprint density at radius 2 is 1.77 bits per heavy atom. The van der Waals surface area contributed by atoms with E-state index in [1.54, 1.807) is 20.8 Å². The quantitative estimate of drug-likeness (QED) is 0.219. The van der Waals surface area contributed by atoms with Gasteiger partial charge in [0.2, 0.25) is 0 Å². The van der Waals surface area contributed by atoms with Crippen molar-refractivity contribution in [3.8, 4) is 0 Å². The Morgan fingerprint density at radius 3 is 2.37 bits per heavy atom. The van der Waals surface area contributed by atoms with Crippen molar-refractivity contribution in [2.24, 2.45) is 0 Å². The summed E-state index contributed by atoms with van der Waals surface area (Å²) in [5.41, 5.74) is 3.17. The number of carbonyl (C=O) groups is 2. The Hall–Kier alpha value is -1.90. The summed E-state index contributed by atoms with van der Waals surface area (Å²) in [7, 11) is -1.12. The second-order valence-electron chi connectivity index (χ2n) is 9.49. The Bertz CT molecular complexity index is 641. The van der Waals surface area contributed by atoms with Gasteiger partial charge in [0.25, 0.3) is 0 Å². The molecule has 170 valence electrons. The highest BCUT2D eigenvalue weighted by molar-refractivity contribution is 6.76. The molecule has 0 saturated carbocycles. The Kier molecular flexibility index (Phi) is 11.1. The van der Waals surface area contributed by atoms with Crippen LogP contribution < -0.4 is 10.8 Å². The lowest BCUT2D eigenvalue weighted by molar-refractivity contribution is -0.147. The highest BCUT2D eigenvalue weighted by Gasteiger charge is 2.25. The lowest BCUT2D eigenvalue weighted by Gasteiger charge is -2.23. The minimum atomic E-state index is -1.12. The van der Waals surface area contributed by atoms with Crippen molar-refractivity contribution < 1.29 is 23.9 Å². The first-order chi connectivity index (χ1) is 14.0. The molecule has 0 aromatic heterocycles. The molecule has 0 saturated heterocycles. The van der Waals surface area contributed by atoms with Crippen molar-refractivity contribution in [3.63, 3.8) is 0 Å². The largest absolute Gasteiger partial charge is 0.459 e. The number of hydrogen-bond acceptors (Lipinski definition) is 6. The number of carbonyl (C=O) groups excluding carboxylic acids is 2. The van der Waals surface area contributed by atoms with Crippen LogP contribution in [-0.2, 0) is 25.7 Å². The molecule has 0 aliphatic carbocycles. The van der Waals surface area contributed by atoms with E-state index in [1.807, 2.05) is 30.3 Å². The summed E-state index contributed by atoms with van der Waals surface area (Å²) in [6.45, 7) is 13.6. The first-order valence-electron chi connectivity index (χ1n) is 10.5. The molecule has 1 amide bonds. The van der Waals surface area contributed by atoms with E-state index in [0.29, 0.717) is 26.0 Å². The zero-order valence-corrected chi connectivity index (χ0v) is 20.2. The van der Waals surface area contributed by atoms with Crippen molar-refractivity contribution in [1.82, 2.24) is 10.8 Å². The van der Waals surface area contributed by atoms with E-state index in [9.17, 15) is 9.59 Å². The monoisotopic (exact) mass is 438 g/mol. The minimum absolute atomic E-state index is 0.157. The number of ether oxygens (including phenoxy) is 2. The SMILES string of the molecule is CC(C)(C)OC(=O)NC(CCCNOCC[Si](C)(C)C)C(=O)OCc1ccccc1. The molecule has 0 fully saturated rings. The van der Waals surface area contributed by atoms with Gasteiger partial charge in [-0.05, 0) is 45.2 Å². The second kappa shape index (κ2) is 12.7. The third kappa shape index (κ3) is 13.3. The van der Waals surface area contributed by atoms with Crippen LogP contribution in [0.5, 0.6) is 0 Å². The van der Waals surface area contributed by atoms with Gasteiger partial charge in [-0.2, -0.15) is 0 Å². The molecule has 1 unspecified atom stereocenters. The number of hydrogen-bond donors (Lipinski definition) is 2. The molecule has 0 heterocycles. The van der Waals surface area contributed by atoms with Crippen LogP contribution >= 0.6 is 0 Å². The number of rotatable bonds is 12. The van der Waals surface area contributed by atoms with Gasteiger partial charge >= 0.3 is 12.1 Å². The molecular formula is C22H38N2O5Si. The summed E-state index contributed by atoms with van der Waals surface area (Å²) in [5, 5.41) is 2.63. The molecule has 0 bridgehead atoms. The van der Waals surface area contributed by atoms with Gasteiger partial charge in [0.15, 0.2) is 0 Å². The molecule has 0 aliphatic rings. The van der Waals surface area contributed by atoms with E-state index in [0.717, 1.165) is 11.6 Å². The lowest BCUT2D eigenvalue weighted by Crippen LogP contribution is -2.44. The number of benzene rings is 1. The van der Waals surface area contributed by atoms with Crippen LogP contribution in [0.25, 0.3) is 0 Å². The number of hydroxylamine groups is 1. The molecule has 1 rings (SSSR count). The maximum absolute atomic E-state index is 12.6. The van der Waals surface area contributed by atoms with Gasteiger partial charge in [-0.15, -0.1) is 0 Å². The van der Waals surface area contributed by atoms with E-state index < -0.39 is 31.8 Å². The van der Waals surface area contributed by atoms with Crippen molar-refractivity contribution >= 4 is 20.1 Å². The smallest absolute Gasteiger partial charge is 0.408 e. The molecule has 1 aromatic rings. The third-order valence-electron chi connectivity index (χ3n) is 4.03. The van der Waals surface area contributed by atoms with Crippen molar-refractivity contribution in [3.05, 3.63) is 35.9 Å². The van der Waals surface area contributed by atoms with Gasteiger partial charge in [-0.3, -0.25) is 0 Å². The standard InChI is InChI=1S/C22H38N2O5Si/c1-22(2,3)29-21(26)24-19(13-10-14-23-28-15-16-30(4,5)6)20(25)27-17-18-11-8-7-9-12-18/h7-9,11-12,19,23H,10,13-17H2,1-6H3,(H,24,26). The predicted octanol–water partition coefficient (Wildman–Crippen LogP) is 4.26. The van der Waals surface area contributed by atoms with E-state index >= 15 is 0 Å². The van der Waals surface area contributed by atoms with Gasteiger partial charge in [0, 0.05) is 14.6 Å². The number of nitrogens with one attached hydrogen (secondary N) is 2. The number of esters is 1. The van der Waals surface area contributed by atoms with Gasteiger partial charge in [-0.25, -0.2) is 15.1 Å². The molecule has 1 aromatic carbocycles. The minimum Gasteiger partial charge on any atom is -0.459 e. The van der Waals surface area contributed by atoms with Crippen LogP contribution in [0.4, 0.5) is 4.79 Å². The van der Waals surface area contributed by atoms with E-state index in [1.165, 1.54) is 0 Å². The lowest BCUT2D eigenvalue weighted by atomic mass is 10.1. The Balaban J connectivity index is 2.49. The number of alkyl carbamates (subject to hydrolysis) is 1. The van der Waals surface area contributed by atoms with Gasteiger partial charge in [-0.1, -0.05) is 50.0 Å². The zero-order valence-electron chi connectivity index (χ0n) is 19.2. The molecule has 0 radical (unpaired) electrons. The van der Waals surface area contributed by atoms with Crippen molar-refractivity contribution in [2.45, 2.75) is 77.5 Å². The average Bonchev–Trinajstić information content (AvgIpc) is 2.62. The second-order valence-corrected chi connectivity index (χ2v) is 15.1. The zero-order chi connectivity index (χ0) is 22.6. The molecule has 30 heavy (non-hydrogen) atoms. The van der Waals surface area contributed by atoms with E-state index in [-0.39, 0.29) is 6.61 Å². The first kappa shape index (κ1) is 26.1. The molecule has 0 spiro atoms.